The van der Waals surface area contributed by atoms with Crippen molar-refractivity contribution >= 4 is 0 Å². The molecule has 0 fully saturated rings. The maximum absolute atomic E-state index is 5.88. The van der Waals surface area contributed by atoms with Crippen LogP contribution in [0, 0.1) is 0 Å². The van der Waals surface area contributed by atoms with Crippen LogP contribution in [0.2, 0.25) is 0 Å². The Morgan fingerprint density at radius 1 is 0.905 bits per heavy atom. The van der Waals surface area contributed by atoms with E-state index in [1.54, 1.807) is 0 Å². The summed E-state index contributed by atoms with van der Waals surface area (Å²) in [6.45, 7) is 5.21. The first-order valence-electron chi connectivity index (χ1n) is 7.07. The van der Waals surface area contributed by atoms with Crippen molar-refractivity contribution in [3.05, 3.63) is 72.3 Å². The highest BCUT2D eigenvalue weighted by Gasteiger charge is 2.07. The third-order valence-electron chi connectivity index (χ3n) is 3.10. The molecule has 0 radical (unpaired) electrons. The van der Waals surface area contributed by atoms with Crippen LogP contribution in [0.1, 0.15) is 11.1 Å². The average molecular weight is 283 g/mol. The van der Waals surface area contributed by atoms with Crippen molar-refractivity contribution in [1.82, 2.24) is 0 Å². The van der Waals surface area contributed by atoms with Crippen molar-refractivity contribution in [2.24, 2.45) is 5.73 Å². The Bertz CT molecular complexity index is 567. The molecule has 110 valence electrons. The van der Waals surface area contributed by atoms with Crippen LogP contribution in [0.4, 0.5) is 0 Å². The van der Waals surface area contributed by atoms with Crippen LogP contribution in [0.5, 0.6) is 11.5 Å². The highest BCUT2D eigenvalue weighted by molar-refractivity contribution is 5.42. The zero-order chi connectivity index (χ0) is 14.9. The summed E-state index contributed by atoms with van der Waals surface area (Å²) < 4.78 is 11.5. The van der Waals surface area contributed by atoms with Crippen LogP contribution < -0.4 is 15.2 Å². The molecule has 21 heavy (non-hydrogen) atoms. The second-order valence-corrected chi connectivity index (χ2v) is 4.61. The lowest BCUT2D eigenvalue weighted by molar-refractivity contribution is 0.215. The summed E-state index contributed by atoms with van der Waals surface area (Å²) in [7, 11) is 0. The summed E-state index contributed by atoms with van der Waals surface area (Å²) in [6.07, 6.45) is 2.63. The summed E-state index contributed by atoms with van der Waals surface area (Å²) in [5, 5.41) is 0. The van der Waals surface area contributed by atoms with E-state index in [1.165, 1.54) is 0 Å². The maximum Gasteiger partial charge on any atom is 0.127 e. The summed E-state index contributed by atoms with van der Waals surface area (Å²) in [5.41, 5.74) is 7.89. The molecule has 0 aromatic heterocycles. The normalized spacial score (nSPS) is 10.1. The van der Waals surface area contributed by atoms with Gasteiger partial charge in [-0.05, 0) is 24.1 Å². The van der Waals surface area contributed by atoms with Gasteiger partial charge in [-0.1, -0.05) is 42.5 Å². The van der Waals surface area contributed by atoms with Gasteiger partial charge < -0.3 is 15.2 Å². The second kappa shape index (κ2) is 8.12. The molecule has 2 aromatic rings. The van der Waals surface area contributed by atoms with E-state index in [-0.39, 0.29) is 0 Å². The van der Waals surface area contributed by atoms with E-state index in [1.807, 2.05) is 54.6 Å². The largest absolute Gasteiger partial charge is 0.490 e. The fourth-order valence-corrected chi connectivity index (χ4v) is 2.12. The number of rotatable bonds is 8. The molecule has 0 aliphatic rings. The first-order chi connectivity index (χ1) is 10.3. The number of ether oxygens (including phenoxy) is 2. The number of para-hydroxylation sites is 2. The molecule has 0 saturated heterocycles. The van der Waals surface area contributed by atoms with Crippen LogP contribution in [0.15, 0.2) is 61.2 Å². The Morgan fingerprint density at radius 3 is 2.33 bits per heavy atom. The van der Waals surface area contributed by atoms with Gasteiger partial charge in [-0.3, -0.25) is 0 Å². The van der Waals surface area contributed by atoms with Gasteiger partial charge in [0.25, 0.3) is 0 Å². The van der Waals surface area contributed by atoms with E-state index in [0.29, 0.717) is 19.8 Å². The molecule has 3 heteroatoms. The molecule has 0 unspecified atom stereocenters. The van der Waals surface area contributed by atoms with Crippen LogP contribution in [-0.2, 0) is 13.0 Å². The molecule has 3 nitrogen and oxygen atoms in total. The van der Waals surface area contributed by atoms with Gasteiger partial charge in [0.15, 0.2) is 0 Å². The predicted octanol–water partition coefficient (Wildman–Crippen LogP) is 3.33. The lowest BCUT2D eigenvalue weighted by atomic mass is 10.1. The van der Waals surface area contributed by atoms with Gasteiger partial charge in [0.05, 0.1) is 0 Å². The van der Waals surface area contributed by atoms with Crippen LogP contribution in [-0.4, -0.2) is 13.2 Å². The summed E-state index contributed by atoms with van der Waals surface area (Å²) in [6, 6.07) is 15.7. The molecule has 2 rings (SSSR count). The smallest absolute Gasteiger partial charge is 0.127 e. The van der Waals surface area contributed by atoms with E-state index < -0.39 is 0 Å². The van der Waals surface area contributed by atoms with E-state index in [9.17, 15) is 0 Å². The number of allylic oxidation sites excluding steroid dienone is 1. The van der Waals surface area contributed by atoms with Crippen molar-refractivity contribution in [2.45, 2.75) is 13.0 Å². The Kier molecular flexibility index (Phi) is 5.85. The number of hydrogen-bond acceptors (Lipinski definition) is 3. The fourth-order valence-electron chi connectivity index (χ4n) is 2.12. The summed E-state index contributed by atoms with van der Waals surface area (Å²) >= 11 is 0. The maximum atomic E-state index is 5.88. The first kappa shape index (κ1) is 15.1. The second-order valence-electron chi connectivity index (χ2n) is 4.61. The first-order valence-corrected chi connectivity index (χ1v) is 7.07. The van der Waals surface area contributed by atoms with Gasteiger partial charge in [-0.2, -0.15) is 0 Å². The third-order valence-corrected chi connectivity index (χ3v) is 3.10. The van der Waals surface area contributed by atoms with Gasteiger partial charge in [-0.15, -0.1) is 6.58 Å². The van der Waals surface area contributed by atoms with Gasteiger partial charge in [0.2, 0.25) is 0 Å². The lowest BCUT2D eigenvalue weighted by Gasteiger charge is -2.15. The fraction of sp³-hybridized carbons (Fsp3) is 0.222. The third kappa shape index (κ3) is 4.36. The highest BCUT2D eigenvalue weighted by Crippen LogP contribution is 2.24. The Balaban J connectivity index is 1.94. The number of benzene rings is 2. The number of nitrogens with two attached hydrogens (primary N) is 1. The molecule has 0 saturated carbocycles. The lowest BCUT2D eigenvalue weighted by Crippen LogP contribution is -2.12. The molecule has 0 aliphatic carbocycles. The molecule has 0 bridgehead atoms. The minimum absolute atomic E-state index is 0.458. The van der Waals surface area contributed by atoms with Crippen LogP contribution >= 0.6 is 0 Å². The Hall–Kier alpha value is -2.26. The van der Waals surface area contributed by atoms with Crippen molar-refractivity contribution < 1.29 is 9.47 Å². The predicted molar refractivity (Wildman–Crippen MR) is 85.7 cm³/mol. The average Bonchev–Trinajstić information content (AvgIpc) is 2.53. The molecule has 0 heterocycles. The summed E-state index contributed by atoms with van der Waals surface area (Å²) in [4.78, 5) is 0. The molecule has 0 aliphatic heterocycles. The standard InChI is InChI=1S/C18H21NO2/c1-2-7-15-8-6-9-16(14-19)18(15)21-13-12-20-17-10-4-3-5-11-17/h2-6,8-11H,1,7,12-14,19H2. The zero-order valence-corrected chi connectivity index (χ0v) is 12.1. The van der Waals surface area contributed by atoms with Crippen molar-refractivity contribution in [3.63, 3.8) is 0 Å². The van der Waals surface area contributed by atoms with E-state index >= 15 is 0 Å². The van der Waals surface area contributed by atoms with Crippen LogP contribution in [0.3, 0.4) is 0 Å². The SMILES string of the molecule is C=CCc1cccc(CN)c1OCCOc1ccccc1. The van der Waals surface area contributed by atoms with E-state index in [2.05, 4.69) is 6.58 Å². The molecule has 2 N–H and O–H groups in total. The minimum Gasteiger partial charge on any atom is -0.490 e. The quantitative estimate of drug-likeness (QED) is 0.597. The molecule has 0 amide bonds. The zero-order valence-electron chi connectivity index (χ0n) is 12.1. The van der Waals surface area contributed by atoms with Crippen molar-refractivity contribution in [1.29, 1.82) is 0 Å². The highest BCUT2D eigenvalue weighted by atomic mass is 16.5. The monoisotopic (exact) mass is 283 g/mol. The van der Waals surface area contributed by atoms with Gasteiger partial charge >= 0.3 is 0 Å². The van der Waals surface area contributed by atoms with Crippen molar-refractivity contribution in [3.8, 4) is 11.5 Å². The number of hydrogen-bond donors (Lipinski definition) is 1. The van der Waals surface area contributed by atoms with Gasteiger partial charge in [-0.25, -0.2) is 0 Å². The van der Waals surface area contributed by atoms with Crippen molar-refractivity contribution in [2.75, 3.05) is 13.2 Å². The van der Waals surface area contributed by atoms with Crippen LogP contribution in [0.25, 0.3) is 0 Å². The molecular formula is C18H21NO2. The minimum atomic E-state index is 0.458. The molecule has 0 atom stereocenters. The Labute approximate surface area is 126 Å². The van der Waals surface area contributed by atoms with E-state index in [4.69, 9.17) is 15.2 Å². The van der Waals surface area contributed by atoms with Gasteiger partial charge in [0, 0.05) is 12.1 Å². The molecule has 0 spiro atoms. The molecule has 2 aromatic carbocycles. The van der Waals surface area contributed by atoms with Gasteiger partial charge in [0.1, 0.15) is 24.7 Å². The topological polar surface area (TPSA) is 44.5 Å². The Morgan fingerprint density at radius 2 is 1.62 bits per heavy atom. The summed E-state index contributed by atoms with van der Waals surface area (Å²) in [5.74, 6) is 1.70. The van der Waals surface area contributed by atoms with E-state index in [0.717, 1.165) is 29.0 Å². The molecular weight excluding hydrogens is 262 g/mol.